The van der Waals surface area contributed by atoms with Crippen molar-refractivity contribution in [2.24, 2.45) is 0 Å². The molecule has 0 spiro atoms. The van der Waals surface area contributed by atoms with Crippen molar-refractivity contribution in [2.75, 3.05) is 0 Å². The van der Waals surface area contributed by atoms with Crippen molar-refractivity contribution < 1.29 is 8.23 Å². The quantitative estimate of drug-likeness (QED) is 0.217. The van der Waals surface area contributed by atoms with Crippen LogP contribution in [0.2, 0.25) is 75.0 Å². The van der Waals surface area contributed by atoms with Gasteiger partial charge in [-0.25, -0.2) is 0 Å². The van der Waals surface area contributed by atoms with Gasteiger partial charge in [-0.2, -0.15) is 0 Å². The molecule has 0 unspecified atom stereocenters. The van der Waals surface area contributed by atoms with Crippen molar-refractivity contribution in [3.05, 3.63) is 23.2 Å². The lowest BCUT2D eigenvalue weighted by molar-refractivity contribution is 0.370. The highest BCUT2D eigenvalue weighted by Gasteiger charge is 2.47. The monoisotopic (exact) mass is 488 g/mol. The Kier molecular flexibility index (Phi) is 13.3. The molecule has 0 atom stereocenters. The van der Waals surface area contributed by atoms with E-state index in [2.05, 4.69) is 97.5 Å². The molecule has 0 aromatic rings. The molecule has 2 nitrogen and oxygen atoms in total. The molecule has 0 N–H and O–H groups in total. The first-order chi connectivity index (χ1) is 13.4. The highest BCUT2D eigenvalue weighted by Crippen LogP contribution is 2.34. The van der Waals surface area contributed by atoms with Gasteiger partial charge in [0, 0.05) is 8.80 Å². The first-order valence-electron chi connectivity index (χ1n) is 12.2. The minimum absolute atomic E-state index is 0.559. The van der Waals surface area contributed by atoms with Crippen LogP contribution < -0.4 is 0 Å². The Hall–Kier alpha value is 0.484. The summed E-state index contributed by atoms with van der Waals surface area (Å²) < 4.78 is 14.6. The van der Waals surface area contributed by atoms with Crippen LogP contribution in [0.3, 0.4) is 0 Å². The fraction of sp³-hybridized carbons (Fsp3) is 0.818. The molecule has 0 rings (SSSR count). The molecule has 0 radical (unpaired) electrons. The molecule has 0 aliphatic rings. The van der Waals surface area contributed by atoms with Crippen molar-refractivity contribution in [1.82, 2.24) is 0 Å². The average molecular weight is 489 g/mol. The normalized spacial score (nSPS) is 14.6. The molecular weight excluding hydrogens is 437 g/mol. The molecule has 0 fully saturated rings. The Morgan fingerprint density at radius 3 is 1.34 bits per heavy atom. The SMILES string of the molecule is CC[Si](C=CC[SiH](C)C)(CC)O[Si](CC)(CC)O[Si](C=C[Si](C)(C)C)(CC)CC. The molecule has 0 saturated carbocycles. The van der Waals surface area contributed by atoms with E-state index in [9.17, 15) is 0 Å². The highest BCUT2D eigenvalue weighted by molar-refractivity contribution is 6.93. The number of rotatable bonds is 15. The third-order valence-corrected chi connectivity index (χ3v) is 23.7. The molecule has 172 valence electrons. The van der Waals surface area contributed by atoms with Crippen LogP contribution in [0, 0.1) is 0 Å². The summed E-state index contributed by atoms with van der Waals surface area (Å²) in [5.41, 5.74) is 7.63. The molecule has 0 bridgehead atoms. The molecule has 29 heavy (non-hydrogen) atoms. The summed E-state index contributed by atoms with van der Waals surface area (Å²) >= 11 is 0. The van der Waals surface area contributed by atoms with Gasteiger partial charge in [0.25, 0.3) is 0 Å². The summed E-state index contributed by atoms with van der Waals surface area (Å²) in [6.45, 7) is 26.1. The van der Waals surface area contributed by atoms with E-state index in [1.54, 1.807) is 0 Å². The maximum Gasteiger partial charge on any atom is 0.317 e. The second kappa shape index (κ2) is 13.1. The van der Waals surface area contributed by atoms with Crippen LogP contribution >= 0.6 is 0 Å². The molecule has 0 aliphatic carbocycles. The van der Waals surface area contributed by atoms with Crippen molar-refractivity contribution >= 4 is 42.1 Å². The van der Waals surface area contributed by atoms with Crippen LogP contribution in [0.15, 0.2) is 23.2 Å². The van der Waals surface area contributed by atoms with E-state index in [1.165, 1.54) is 6.04 Å². The van der Waals surface area contributed by atoms with Gasteiger partial charge >= 0.3 is 8.56 Å². The maximum atomic E-state index is 7.31. The van der Waals surface area contributed by atoms with Gasteiger partial charge in [-0.1, -0.05) is 91.8 Å². The van der Waals surface area contributed by atoms with E-state index in [1.807, 2.05) is 0 Å². The molecule has 7 heteroatoms. The first kappa shape index (κ1) is 29.5. The predicted molar refractivity (Wildman–Crippen MR) is 148 cm³/mol. The van der Waals surface area contributed by atoms with Gasteiger partial charge in [-0.15, -0.1) is 5.70 Å². The lowest BCUT2D eigenvalue weighted by Crippen LogP contribution is -2.57. The van der Waals surface area contributed by atoms with Crippen molar-refractivity contribution in [1.29, 1.82) is 0 Å². The van der Waals surface area contributed by atoms with Gasteiger partial charge < -0.3 is 8.23 Å². The lowest BCUT2D eigenvalue weighted by Gasteiger charge is -2.44. The predicted octanol–water partition coefficient (Wildman–Crippen LogP) is 8.03. The van der Waals surface area contributed by atoms with E-state index >= 15 is 0 Å². The third-order valence-electron chi connectivity index (χ3n) is 6.17. The molecule has 0 saturated heterocycles. The molecule has 0 aromatic heterocycles. The van der Waals surface area contributed by atoms with E-state index in [0.29, 0.717) is 0 Å². The van der Waals surface area contributed by atoms with Crippen molar-refractivity contribution in [3.63, 3.8) is 0 Å². The van der Waals surface area contributed by atoms with E-state index < -0.39 is 42.1 Å². The van der Waals surface area contributed by atoms with Crippen LogP contribution in [0.1, 0.15) is 41.5 Å². The summed E-state index contributed by atoms with van der Waals surface area (Å²) in [6.07, 6.45) is 2.47. The van der Waals surface area contributed by atoms with Gasteiger partial charge in [0.2, 0.25) is 16.6 Å². The zero-order chi connectivity index (χ0) is 22.8. The van der Waals surface area contributed by atoms with E-state index in [-0.39, 0.29) is 0 Å². The first-order valence-corrected chi connectivity index (χ1v) is 25.9. The lowest BCUT2D eigenvalue weighted by atomic mass is 10.8. The number of hydrogen-bond acceptors (Lipinski definition) is 2. The summed E-state index contributed by atoms with van der Waals surface area (Å²) in [6, 6.07) is 8.06. The average Bonchev–Trinajstić information content (AvgIpc) is 2.68. The van der Waals surface area contributed by atoms with E-state index in [0.717, 1.165) is 36.3 Å². The Labute approximate surface area is 189 Å². The minimum atomic E-state index is -2.22. The Balaban J connectivity index is 5.96. The van der Waals surface area contributed by atoms with Gasteiger partial charge in [-0.05, 0) is 42.3 Å². The van der Waals surface area contributed by atoms with Crippen LogP contribution in [0.25, 0.3) is 0 Å². The third kappa shape index (κ3) is 10.1. The van der Waals surface area contributed by atoms with E-state index in [4.69, 9.17) is 8.23 Å². The summed E-state index contributed by atoms with van der Waals surface area (Å²) in [5, 5.41) is 0. The Bertz CT molecular complexity index is 500. The fourth-order valence-corrected chi connectivity index (χ4v) is 22.4. The van der Waals surface area contributed by atoms with Gasteiger partial charge in [0.1, 0.15) is 0 Å². The maximum absolute atomic E-state index is 7.31. The topological polar surface area (TPSA) is 18.5 Å². The van der Waals surface area contributed by atoms with Crippen LogP contribution in [-0.2, 0) is 8.23 Å². The van der Waals surface area contributed by atoms with Crippen LogP contribution in [-0.4, -0.2) is 42.1 Å². The summed E-state index contributed by atoms with van der Waals surface area (Å²) in [5.74, 6) is 0. The van der Waals surface area contributed by atoms with Gasteiger partial charge in [0.15, 0.2) is 0 Å². The Morgan fingerprint density at radius 1 is 0.621 bits per heavy atom. The van der Waals surface area contributed by atoms with Crippen LogP contribution in [0.5, 0.6) is 0 Å². The van der Waals surface area contributed by atoms with Crippen molar-refractivity contribution in [3.8, 4) is 0 Å². The fourth-order valence-electron chi connectivity index (χ4n) is 3.59. The molecule has 0 amide bonds. The molecule has 0 heterocycles. The van der Waals surface area contributed by atoms with Gasteiger partial charge in [-0.3, -0.25) is 0 Å². The number of hydrogen-bond donors (Lipinski definition) is 0. The standard InChI is InChI=1S/C22H52O2Si5/c1-12-27(13-2,20-18-19-25(7)8)23-29(16-5,17-6)24-28(14-3,15-4)22-21-26(9,10)11/h18,20-22,25H,12-17,19H2,1-11H3. The molecule has 0 aromatic carbocycles. The molecular formula is C22H52O2Si5. The zero-order valence-electron chi connectivity index (χ0n) is 21.7. The smallest absolute Gasteiger partial charge is 0.317 e. The van der Waals surface area contributed by atoms with Crippen molar-refractivity contribution in [2.45, 2.75) is 117 Å². The summed E-state index contributed by atoms with van der Waals surface area (Å²) in [4.78, 5) is 0. The Morgan fingerprint density at radius 2 is 1.03 bits per heavy atom. The summed E-state index contributed by atoms with van der Waals surface area (Å²) in [7, 11) is -7.81. The molecule has 0 aliphatic heterocycles. The zero-order valence-corrected chi connectivity index (χ0v) is 26.8. The van der Waals surface area contributed by atoms with Crippen LogP contribution in [0.4, 0.5) is 0 Å². The number of allylic oxidation sites excluding steroid dienone is 1. The second-order valence-electron chi connectivity index (χ2n) is 10.1. The minimum Gasteiger partial charge on any atom is -0.432 e. The second-order valence-corrected chi connectivity index (χ2v) is 31.0. The van der Waals surface area contributed by atoms with Gasteiger partial charge in [0.05, 0.1) is 8.07 Å². The highest BCUT2D eigenvalue weighted by atomic mass is 28.5. The largest absolute Gasteiger partial charge is 0.432 e.